The molecule has 8 aromatic carbocycles. The fraction of sp³-hybridized carbons (Fsp3) is 0. The highest BCUT2D eigenvalue weighted by Crippen LogP contribution is 2.40. The van der Waals surface area contributed by atoms with Gasteiger partial charge in [0.25, 0.3) is 0 Å². The monoisotopic (exact) mass is 586 g/mol. The summed E-state index contributed by atoms with van der Waals surface area (Å²) in [6.45, 7) is 0. The third-order valence-corrected chi connectivity index (χ3v) is 9.15. The quantitative estimate of drug-likeness (QED) is 0.195. The molecule has 2 heteroatoms. The second-order valence-corrected chi connectivity index (χ2v) is 11.8. The van der Waals surface area contributed by atoms with Crippen LogP contribution in [0.5, 0.6) is 0 Å². The molecule has 0 aliphatic heterocycles. The number of benzene rings is 8. The van der Waals surface area contributed by atoms with E-state index in [9.17, 15) is 0 Å². The molecule has 0 saturated carbocycles. The summed E-state index contributed by atoms with van der Waals surface area (Å²) in [4.78, 5) is 2.35. The van der Waals surface area contributed by atoms with Gasteiger partial charge in [-0.1, -0.05) is 127 Å². The number of para-hydroxylation sites is 2. The normalized spacial score (nSPS) is 11.5. The van der Waals surface area contributed by atoms with Crippen LogP contribution in [0.2, 0.25) is 0 Å². The Morgan fingerprint density at radius 2 is 0.978 bits per heavy atom. The summed E-state index contributed by atoms with van der Waals surface area (Å²) >= 11 is 0. The van der Waals surface area contributed by atoms with Gasteiger partial charge in [0, 0.05) is 33.2 Å². The van der Waals surface area contributed by atoms with Crippen LogP contribution in [-0.2, 0) is 0 Å². The first-order chi connectivity index (χ1) is 22.8. The molecule has 0 fully saturated rings. The summed E-state index contributed by atoms with van der Waals surface area (Å²) in [5.41, 5.74) is 9.40. The minimum atomic E-state index is 1.12. The third-order valence-electron chi connectivity index (χ3n) is 9.15. The molecule has 46 heavy (non-hydrogen) atoms. The van der Waals surface area contributed by atoms with Crippen LogP contribution in [0.25, 0.3) is 60.2 Å². The van der Waals surface area contributed by atoms with E-state index in [1.54, 1.807) is 0 Å². The summed E-state index contributed by atoms with van der Waals surface area (Å²) in [6, 6.07) is 65.7. The van der Waals surface area contributed by atoms with Crippen LogP contribution >= 0.6 is 0 Å². The second-order valence-electron chi connectivity index (χ2n) is 11.8. The van der Waals surface area contributed by atoms with E-state index in [2.05, 4.69) is 191 Å². The maximum atomic E-state index is 2.41. The summed E-state index contributed by atoms with van der Waals surface area (Å²) in [7, 11) is 0. The van der Waals surface area contributed by atoms with Crippen molar-refractivity contribution in [1.29, 1.82) is 0 Å². The standard InChI is InChI=1S/C44H30N2/c1-2-15-36(16-3-1)45(42-20-10-14-33-12-6-7-17-39(33)42)37-25-21-32(22-26-37)35-24-28-41-40-18-8-9-19-43(40)46(44(41)30-35)38-27-23-31-11-4-5-13-34(31)29-38/h1-30H. The van der Waals surface area contributed by atoms with Gasteiger partial charge in [0.15, 0.2) is 0 Å². The number of fused-ring (bicyclic) bond motifs is 5. The van der Waals surface area contributed by atoms with E-state index in [1.807, 2.05) is 0 Å². The molecule has 0 spiro atoms. The van der Waals surface area contributed by atoms with Crippen molar-refractivity contribution in [2.75, 3.05) is 4.90 Å². The minimum absolute atomic E-state index is 1.12. The molecular weight excluding hydrogens is 556 g/mol. The first-order valence-electron chi connectivity index (χ1n) is 15.8. The Kier molecular flexibility index (Phi) is 6.17. The van der Waals surface area contributed by atoms with Crippen molar-refractivity contribution < 1.29 is 0 Å². The van der Waals surface area contributed by atoms with Gasteiger partial charge >= 0.3 is 0 Å². The lowest BCUT2D eigenvalue weighted by atomic mass is 10.0. The molecule has 0 bridgehead atoms. The van der Waals surface area contributed by atoms with E-state index >= 15 is 0 Å². The first kappa shape index (κ1) is 26.3. The van der Waals surface area contributed by atoms with E-state index < -0.39 is 0 Å². The van der Waals surface area contributed by atoms with Gasteiger partial charge in [0.1, 0.15) is 0 Å². The molecule has 9 aromatic rings. The predicted molar refractivity (Wildman–Crippen MR) is 196 cm³/mol. The van der Waals surface area contributed by atoms with Gasteiger partial charge in [-0.3, -0.25) is 0 Å². The van der Waals surface area contributed by atoms with Crippen molar-refractivity contribution in [2.24, 2.45) is 0 Å². The zero-order chi connectivity index (χ0) is 30.5. The van der Waals surface area contributed by atoms with E-state index in [0.717, 1.165) is 11.4 Å². The molecule has 0 N–H and O–H groups in total. The number of anilines is 3. The first-order valence-corrected chi connectivity index (χ1v) is 15.8. The molecule has 216 valence electrons. The molecule has 0 saturated heterocycles. The van der Waals surface area contributed by atoms with Gasteiger partial charge < -0.3 is 9.47 Å². The maximum Gasteiger partial charge on any atom is 0.0547 e. The Morgan fingerprint density at radius 1 is 0.348 bits per heavy atom. The fourth-order valence-electron chi connectivity index (χ4n) is 6.95. The smallest absolute Gasteiger partial charge is 0.0547 e. The molecule has 0 unspecified atom stereocenters. The van der Waals surface area contributed by atoms with Gasteiger partial charge in [0.2, 0.25) is 0 Å². The molecule has 0 atom stereocenters. The lowest BCUT2D eigenvalue weighted by Crippen LogP contribution is -2.10. The van der Waals surface area contributed by atoms with Crippen LogP contribution < -0.4 is 4.90 Å². The number of hydrogen-bond acceptors (Lipinski definition) is 1. The van der Waals surface area contributed by atoms with Gasteiger partial charge in [0.05, 0.1) is 16.7 Å². The molecule has 9 rings (SSSR count). The van der Waals surface area contributed by atoms with Crippen LogP contribution in [0.3, 0.4) is 0 Å². The number of hydrogen-bond donors (Lipinski definition) is 0. The molecule has 0 aliphatic rings. The van der Waals surface area contributed by atoms with E-state index in [-0.39, 0.29) is 0 Å². The average Bonchev–Trinajstić information content (AvgIpc) is 3.46. The van der Waals surface area contributed by atoms with Crippen LogP contribution in [-0.4, -0.2) is 4.57 Å². The van der Waals surface area contributed by atoms with Crippen molar-refractivity contribution >= 4 is 60.4 Å². The zero-order valence-corrected chi connectivity index (χ0v) is 25.2. The Labute approximate surface area is 268 Å². The maximum absolute atomic E-state index is 2.41. The van der Waals surface area contributed by atoms with Crippen molar-refractivity contribution in [3.8, 4) is 16.8 Å². The van der Waals surface area contributed by atoms with Gasteiger partial charge in [-0.05, 0) is 81.9 Å². The molecule has 1 aromatic heterocycles. The summed E-state index contributed by atoms with van der Waals surface area (Å²) in [5.74, 6) is 0. The van der Waals surface area contributed by atoms with E-state index in [4.69, 9.17) is 0 Å². The van der Waals surface area contributed by atoms with Gasteiger partial charge in [-0.25, -0.2) is 0 Å². The van der Waals surface area contributed by atoms with Crippen molar-refractivity contribution in [3.63, 3.8) is 0 Å². The third kappa shape index (κ3) is 4.35. The SMILES string of the molecule is c1ccc(N(c2ccc(-c3ccc4c5ccccc5n(-c5ccc6ccccc6c5)c4c3)cc2)c2cccc3ccccc23)cc1. The number of aromatic nitrogens is 1. The van der Waals surface area contributed by atoms with Crippen LogP contribution in [0.15, 0.2) is 182 Å². The molecular formula is C44H30N2. The number of nitrogens with zero attached hydrogens (tertiary/aromatic N) is 2. The van der Waals surface area contributed by atoms with Crippen molar-refractivity contribution in [3.05, 3.63) is 182 Å². The lowest BCUT2D eigenvalue weighted by Gasteiger charge is -2.27. The zero-order valence-electron chi connectivity index (χ0n) is 25.2. The highest BCUT2D eigenvalue weighted by molar-refractivity contribution is 6.10. The van der Waals surface area contributed by atoms with E-state index in [0.29, 0.717) is 0 Å². The Hall–Kier alpha value is -6.12. The topological polar surface area (TPSA) is 8.17 Å². The molecule has 1 heterocycles. The van der Waals surface area contributed by atoms with Crippen molar-refractivity contribution in [1.82, 2.24) is 4.57 Å². The molecule has 2 nitrogen and oxygen atoms in total. The largest absolute Gasteiger partial charge is 0.310 e. The van der Waals surface area contributed by atoms with Crippen LogP contribution in [0, 0.1) is 0 Å². The van der Waals surface area contributed by atoms with Gasteiger partial charge in [-0.15, -0.1) is 0 Å². The van der Waals surface area contributed by atoms with Crippen LogP contribution in [0.1, 0.15) is 0 Å². The molecule has 0 radical (unpaired) electrons. The predicted octanol–water partition coefficient (Wildman–Crippen LogP) is 12.2. The minimum Gasteiger partial charge on any atom is -0.310 e. The highest BCUT2D eigenvalue weighted by atomic mass is 15.1. The average molecular weight is 587 g/mol. The fourth-order valence-corrected chi connectivity index (χ4v) is 6.95. The molecule has 0 amide bonds. The number of rotatable bonds is 5. The Morgan fingerprint density at radius 3 is 1.83 bits per heavy atom. The summed E-state index contributed by atoms with van der Waals surface area (Å²) in [5, 5.41) is 7.47. The van der Waals surface area contributed by atoms with Crippen LogP contribution in [0.4, 0.5) is 17.1 Å². The molecule has 0 aliphatic carbocycles. The Bertz CT molecular complexity index is 2520. The van der Waals surface area contributed by atoms with Gasteiger partial charge in [-0.2, -0.15) is 0 Å². The van der Waals surface area contributed by atoms with E-state index in [1.165, 1.54) is 65.9 Å². The second kappa shape index (κ2) is 10.8. The lowest BCUT2D eigenvalue weighted by molar-refractivity contribution is 1.19. The summed E-state index contributed by atoms with van der Waals surface area (Å²) in [6.07, 6.45) is 0. The van der Waals surface area contributed by atoms with Crippen molar-refractivity contribution in [2.45, 2.75) is 0 Å². The highest BCUT2D eigenvalue weighted by Gasteiger charge is 2.16. The Balaban J connectivity index is 1.18. The summed E-state index contributed by atoms with van der Waals surface area (Å²) < 4.78 is 2.41.